The van der Waals surface area contributed by atoms with E-state index in [2.05, 4.69) is 17.2 Å². The summed E-state index contributed by atoms with van der Waals surface area (Å²) in [6, 6.07) is 10.4. The van der Waals surface area contributed by atoms with Crippen LogP contribution in [-0.4, -0.2) is 33.8 Å². The maximum atomic E-state index is 12.3. The first-order valence-corrected chi connectivity index (χ1v) is 7.79. The molecule has 6 heteroatoms. The van der Waals surface area contributed by atoms with Crippen molar-refractivity contribution in [3.63, 3.8) is 0 Å². The number of carbonyl (C=O) groups is 1. The van der Waals surface area contributed by atoms with E-state index in [1.165, 1.54) is 21.3 Å². The van der Waals surface area contributed by atoms with Crippen molar-refractivity contribution in [1.82, 2.24) is 5.32 Å². The molecule has 0 spiro atoms. The second kappa shape index (κ2) is 8.86. The zero-order valence-corrected chi connectivity index (χ0v) is 14.9. The Morgan fingerprint density at radius 1 is 1.08 bits per heavy atom. The first-order valence-electron chi connectivity index (χ1n) is 7.41. The van der Waals surface area contributed by atoms with Crippen molar-refractivity contribution in [1.29, 1.82) is 0 Å². The highest BCUT2D eigenvalue weighted by atomic mass is 35.5. The Balaban J connectivity index is 2.09. The number of rotatable bonds is 5. The molecule has 0 aliphatic carbocycles. The van der Waals surface area contributed by atoms with E-state index in [9.17, 15) is 4.79 Å². The minimum absolute atomic E-state index is 0.196. The Labute approximate surface area is 151 Å². The average molecular weight is 360 g/mol. The van der Waals surface area contributed by atoms with Gasteiger partial charge < -0.3 is 19.5 Å². The number of methoxy groups -OCH3 is 3. The lowest BCUT2D eigenvalue weighted by atomic mass is 10.1. The largest absolute Gasteiger partial charge is 0.493 e. The fraction of sp³-hybridized carbons (Fsp3) is 0.211. The van der Waals surface area contributed by atoms with E-state index < -0.39 is 0 Å². The van der Waals surface area contributed by atoms with Crippen LogP contribution in [0.4, 0.5) is 0 Å². The summed E-state index contributed by atoms with van der Waals surface area (Å²) < 4.78 is 15.7. The number of amides is 1. The molecule has 0 saturated heterocycles. The Bertz CT molecular complexity index is 799. The fourth-order valence-corrected chi connectivity index (χ4v) is 2.34. The van der Waals surface area contributed by atoms with Crippen molar-refractivity contribution in [2.45, 2.75) is 0 Å². The number of hydrogen-bond donors (Lipinski definition) is 1. The predicted octanol–water partition coefficient (Wildman–Crippen LogP) is 3.15. The number of benzene rings is 2. The highest BCUT2D eigenvalue weighted by Gasteiger charge is 2.16. The van der Waals surface area contributed by atoms with Crippen molar-refractivity contribution in [3.8, 4) is 29.1 Å². The number of ether oxygens (including phenoxy) is 3. The van der Waals surface area contributed by atoms with Crippen LogP contribution in [0.15, 0.2) is 36.4 Å². The monoisotopic (exact) mass is 359 g/mol. The molecule has 25 heavy (non-hydrogen) atoms. The smallest absolute Gasteiger partial charge is 0.252 e. The Morgan fingerprint density at radius 3 is 2.32 bits per heavy atom. The van der Waals surface area contributed by atoms with Crippen LogP contribution in [0.5, 0.6) is 17.2 Å². The molecule has 0 radical (unpaired) electrons. The average Bonchev–Trinajstić information content (AvgIpc) is 2.63. The van der Waals surface area contributed by atoms with Gasteiger partial charge >= 0.3 is 0 Å². The quantitative estimate of drug-likeness (QED) is 0.833. The lowest BCUT2D eigenvalue weighted by Gasteiger charge is -2.13. The second-order valence-corrected chi connectivity index (χ2v) is 5.35. The standard InChI is InChI=1S/C19H18ClNO4/c1-23-16-11-14(12-17(24-2)18(16)25-3)19(22)21-9-5-7-13-6-4-8-15(20)10-13/h4,6,8,10-12H,9H2,1-3H3,(H,21,22). The van der Waals surface area contributed by atoms with Gasteiger partial charge in [-0.15, -0.1) is 0 Å². The summed E-state index contributed by atoms with van der Waals surface area (Å²) in [5.74, 6) is 6.79. The van der Waals surface area contributed by atoms with Crippen molar-refractivity contribution in [2.75, 3.05) is 27.9 Å². The topological polar surface area (TPSA) is 56.8 Å². The van der Waals surface area contributed by atoms with Gasteiger partial charge in [-0.25, -0.2) is 0 Å². The van der Waals surface area contributed by atoms with Gasteiger partial charge in [0.05, 0.1) is 27.9 Å². The van der Waals surface area contributed by atoms with E-state index in [1.54, 1.807) is 24.3 Å². The van der Waals surface area contributed by atoms with Crippen LogP contribution in [0.1, 0.15) is 15.9 Å². The zero-order valence-electron chi connectivity index (χ0n) is 14.2. The van der Waals surface area contributed by atoms with Crippen LogP contribution in [-0.2, 0) is 0 Å². The highest BCUT2D eigenvalue weighted by molar-refractivity contribution is 6.30. The Kier molecular flexibility index (Phi) is 6.55. The third-order valence-corrected chi connectivity index (χ3v) is 3.56. The summed E-state index contributed by atoms with van der Waals surface area (Å²) in [4.78, 5) is 12.3. The number of nitrogens with one attached hydrogen (secondary N) is 1. The Morgan fingerprint density at radius 2 is 1.76 bits per heavy atom. The third-order valence-electron chi connectivity index (χ3n) is 3.32. The normalized spacial score (nSPS) is 9.60. The molecule has 2 aromatic carbocycles. The van der Waals surface area contributed by atoms with Gasteiger partial charge in [0, 0.05) is 16.1 Å². The summed E-state index contributed by atoms with van der Waals surface area (Å²) in [6.07, 6.45) is 0. The molecule has 1 amide bonds. The highest BCUT2D eigenvalue weighted by Crippen LogP contribution is 2.38. The van der Waals surface area contributed by atoms with Gasteiger partial charge in [-0.2, -0.15) is 0 Å². The maximum absolute atomic E-state index is 12.3. The van der Waals surface area contributed by atoms with Crippen LogP contribution in [0.25, 0.3) is 0 Å². The zero-order chi connectivity index (χ0) is 18.2. The molecule has 5 nitrogen and oxygen atoms in total. The SMILES string of the molecule is COc1cc(C(=O)NCC#Cc2cccc(Cl)c2)cc(OC)c1OC. The molecule has 0 atom stereocenters. The summed E-state index contributed by atoms with van der Waals surface area (Å²) in [5, 5.41) is 3.35. The van der Waals surface area contributed by atoms with Crippen molar-refractivity contribution < 1.29 is 19.0 Å². The van der Waals surface area contributed by atoms with E-state index in [4.69, 9.17) is 25.8 Å². The number of halogens is 1. The molecule has 0 aliphatic heterocycles. The summed E-state index contributed by atoms with van der Waals surface area (Å²) >= 11 is 5.90. The lowest BCUT2D eigenvalue weighted by molar-refractivity contribution is 0.0958. The molecule has 0 aromatic heterocycles. The molecule has 0 aliphatic rings. The molecule has 2 rings (SSSR count). The van der Waals surface area contributed by atoms with Crippen LogP contribution in [0.3, 0.4) is 0 Å². The first-order chi connectivity index (χ1) is 12.1. The molecular formula is C19H18ClNO4. The van der Waals surface area contributed by atoms with Gasteiger partial charge in [0.15, 0.2) is 11.5 Å². The molecule has 1 N–H and O–H groups in total. The van der Waals surface area contributed by atoms with Crippen molar-refractivity contribution in [2.24, 2.45) is 0 Å². The van der Waals surface area contributed by atoms with Crippen LogP contribution >= 0.6 is 11.6 Å². The van der Waals surface area contributed by atoms with E-state index in [0.29, 0.717) is 27.8 Å². The molecule has 0 unspecified atom stereocenters. The van der Waals surface area contributed by atoms with Gasteiger partial charge in [-0.05, 0) is 30.3 Å². The maximum Gasteiger partial charge on any atom is 0.252 e. The van der Waals surface area contributed by atoms with Crippen molar-refractivity contribution >= 4 is 17.5 Å². The minimum Gasteiger partial charge on any atom is -0.493 e. The van der Waals surface area contributed by atoms with Gasteiger partial charge in [0.25, 0.3) is 5.91 Å². The molecule has 0 fully saturated rings. The Hall–Kier alpha value is -2.84. The summed E-state index contributed by atoms with van der Waals surface area (Å²) in [6.45, 7) is 0.196. The number of hydrogen-bond acceptors (Lipinski definition) is 4. The molecule has 0 heterocycles. The molecule has 0 bridgehead atoms. The van der Waals surface area contributed by atoms with E-state index in [0.717, 1.165) is 5.56 Å². The third kappa shape index (κ3) is 4.82. The molecule has 0 saturated carbocycles. The first kappa shape index (κ1) is 18.5. The van der Waals surface area contributed by atoms with Gasteiger partial charge in [0.1, 0.15) is 0 Å². The van der Waals surface area contributed by atoms with Crippen LogP contribution in [0, 0.1) is 11.8 Å². The van der Waals surface area contributed by atoms with Gasteiger partial charge in [-0.1, -0.05) is 29.5 Å². The molecular weight excluding hydrogens is 342 g/mol. The van der Waals surface area contributed by atoms with Crippen LogP contribution in [0.2, 0.25) is 5.02 Å². The molecule has 130 valence electrons. The van der Waals surface area contributed by atoms with E-state index in [-0.39, 0.29) is 12.5 Å². The summed E-state index contributed by atoms with van der Waals surface area (Å²) in [5.41, 5.74) is 1.17. The van der Waals surface area contributed by atoms with Gasteiger partial charge in [0.2, 0.25) is 5.75 Å². The predicted molar refractivity (Wildman–Crippen MR) is 96.8 cm³/mol. The van der Waals surface area contributed by atoms with E-state index >= 15 is 0 Å². The van der Waals surface area contributed by atoms with Crippen LogP contribution < -0.4 is 19.5 Å². The lowest BCUT2D eigenvalue weighted by Crippen LogP contribution is -2.23. The number of carbonyl (C=O) groups excluding carboxylic acids is 1. The minimum atomic E-state index is -0.292. The second-order valence-electron chi connectivity index (χ2n) is 4.91. The summed E-state index contributed by atoms with van der Waals surface area (Å²) in [7, 11) is 4.50. The molecule has 2 aromatic rings. The van der Waals surface area contributed by atoms with Gasteiger partial charge in [-0.3, -0.25) is 4.79 Å². The van der Waals surface area contributed by atoms with E-state index in [1.807, 2.05) is 12.1 Å². The van der Waals surface area contributed by atoms with Crippen molar-refractivity contribution in [3.05, 3.63) is 52.5 Å². The fourth-order valence-electron chi connectivity index (χ4n) is 2.15.